The topological polar surface area (TPSA) is 105 Å². The highest BCUT2D eigenvalue weighted by Crippen LogP contribution is 2.30. The summed E-state index contributed by atoms with van der Waals surface area (Å²) in [6.45, 7) is 0. The van der Waals surface area contributed by atoms with E-state index in [2.05, 4.69) is 4.72 Å². The maximum absolute atomic E-state index is 11.4. The Morgan fingerprint density at radius 1 is 1.24 bits per heavy atom. The maximum Gasteiger partial charge on any atom is 0.267 e. The van der Waals surface area contributed by atoms with Crippen LogP contribution in [0.25, 0.3) is 6.08 Å². The number of hydrogen-bond donors (Lipinski definition) is 3. The molecule has 0 unspecified atom stereocenters. The summed E-state index contributed by atoms with van der Waals surface area (Å²) in [5.41, 5.74) is 2.18. The fourth-order valence-corrected chi connectivity index (χ4v) is 2.64. The molecule has 0 aliphatic carbocycles. The molecule has 0 aliphatic rings. The SMILES string of the molecule is CS(=O)(=O)Nc1ccc(Oc2cccc(Cl)c2)c(C=CC(=O)NO)c1. The first-order valence-electron chi connectivity index (χ1n) is 6.94. The number of hydroxylamine groups is 1. The van der Waals surface area contributed by atoms with E-state index in [0.717, 1.165) is 12.3 Å². The van der Waals surface area contributed by atoms with Gasteiger partial charge < -0.3 is 4.74 Å². The van der Waals surface area contributed by atoms with Crippen LogP contribution >= 0.6 is 11.6 Å². The molecule has 0 spiro atoms. The number of rotatable bonds is 6. The third-order valence-corrected chi connectivity index (χ3v) is 3.70. The number of anilines is 1. The Hall–Kier alpha value is -2.55. The molecule has 0 saturated carbocycles. The first-order chi connectivity index (χ1) is 11.8. The maximum atomic E-state index is 11.4. The van der Waals surface area contributed by atoms with Gasteiger partial charge >= 0.3 is 0 Å². The minimum absolute atomic E-state index is 0.296. The zero-order valence-corrected chi connectivity index (χ0v) is 14.6. The first-order valence-corrected chi connectivity index (χ1v) is 9.21. The molecule has 0 saturated heterocycles. The number of carbonyl (C=O) groups is 1. The second kappa shape index (κ2) is 8.02. The lowest BCUT2D eigenvalue weighted by Crippen LogP contribution is -2.14. The highest BCUT2D eigenvalue weighted by molar-refractivity contribution is 7.92. The van der Waals surface area contributed by atoms with Crippen LogP contribution in [0.1, 0.15) is 5.56 Å². The standard InChI is InChI=1S/C16H15ClN2O5S/c1-25(22,23)19-13-6-7-15(11(9-13)5-8-16(20)18-21)24-14-4-2-3-12(17)10-14/h2-10,19,21H,1H3,(H,18,20). The van der Waals surface area contributed by atoms with Crippen molar-refractivity contribution in [1.82, 2.24) is 5.48 Å². The Morgan fingerprint density at radius 2 is 2.00 bits per heavy atom. The van der Waals surface area contributed by atoms with Crippen LogP contribution in [-0.4, -0.2) is 25.8 Å². The van der Waals surface area contributed by atoms with Gasteiger partial charge in [0.1, 0.15) is 11.5 Å². The predicted molar refractivity (Wildman–Crippen MR) is 95.4 cm³/mol. The van der Waals surface area contributed by atoms with Crippen molar-refractivity contribution in [3.63, 3.8) is 0 Å². The van der Waals surface area contributed by atoms with Crippen molar-refractivity contribution >= 4 is 39.3 Å². The van der Waals surface area contributed by atoms with E-state index >= 15 is 0 Å². The second-order valence-electron chi connectivity index (χ2n) is 5.00. The number of sulfonamides is 1. The van der Waals surface area contributed by atoms with Gasteiger partial charge in [0.05, 0.1) is 6.26 Å². The van der Waals surface area contributed by atoms with E-state index in [0.29, 0.717) is 27.8 Å². The lowest BCUT2D eigenvalue weighted by atomic mass is 10.1. The predicted octanol–water partition coefficient (Wildman–Crippen LogP) is 3.02. The van der Waals surface area contributed by atoms with Gasteiger partial charge in [-0.15, -0.1) is 0 Å². The average Bonchev–Trinajstić information content (AvgIpc) is 2.53. The van der Waals surface area contributed by atoms with Gasteiger partial charge in [-0.2, -0.15) is 0 Å². The molecule has 2 rings (SSSR count). The molecular formula is C16H15ClN2O5S. The summed E-state index contributed by atoms with van der Waals surface area (Å²) in [6, 6.07) is 11.3. The van der Waals surface area contributed by atoms with Crippen LogP contribution in [0.15, 0.2) is 48.5 Å². The van der Waals surface area contributed by atoms with Gasteiger partial charge in [0.25, 0.3) is 5.91 Å². The van der Waals surface area contributed by atoms with Gasteiger partial charge in [-0.3, -0.25) is 14.7 Å². The largest absolute Gasteiger partial charge is 0.457 e. The molecule has 0 aromatic heterocycles. The van der Waals surface area contributed by atoms with Gasteiger partial charge in [0.2, 0.25) is 10.0 Å². The van der Waals surface area contributed by atoms with Gasteiger partial charge in [-0.1, -0.05) is 17.7 Å². The number of amides is 1. The Labute approximate surface area is 149 Å². The summed E-state index contributed by atoms with van der Waals surface area (Å²) in [6.07, 6.45) is 3.47. The number of hydrogen-bond acceptors (Lipinski definition) is 5. The molecule has 7 nitrogen and oxygen atoms in total. The van der Waals surface area contributed by atoms with Crippen LogP contribution in [0.5, 0.6) is 11.5 Å². The molecule has 0 fully saturated rings. The van der Waals surface area contributed by atoms with Crippen LogP contribution in [0.2, 0.25) is 5.02 Å². The Balaban J connectivity index is 2.39. The van der Waals surface area contributed by atoms with E-state index in [1.807, 2.05) is 0 Å². The highest BCUT2D eigenvalue weighted by Gasteiger charge is 2.08. The van der Waals surface area contributed by atoms with E-state index in [1.54, 1.807) is 30.3 Å². The quantitative estimate of drug-likeness (QED) is 0.404. The molecule has 25 heavy (non-hydrogen) atoms. The monoisotopic (exact) mass is 382 g/mol. The molecule has 0 bridgehead atoms. The number of halogens is 1. The Morgan fingerprint density at radius 3 is 2.64 bits per heavy atom. The van der Waals surface area contributed by atoms with E-state index in [9.17, 15) is 13.2 Å². The van der Waals surface area contributed by atoms with Crippen molar-refractivity contribution in [3.05, 3.63) is 59.1 Å². The fourth-order valence-electron chi connectivity index (χ4n) is 1.91. The lowest BCUT2D eigenvalue weighted by molar-refractivity contribution is -0.124. The highest BCUT2D eigenvalue weighted by atomic mass is 35.5. The minimum atomic E-state index is -3.46. The van der Waals surface area contributed by atoms with Gasteiger partial charge in [0.15, 0.2) is 0 Å². The van der Waals surface area contributed by atoms with Crippen LogP contribution in [0.4, 0.5) is 5.69 Å². The molecule has 1 amide bonds. The summed E-state index contributed by atoms with van der Waals surface area (Å²) in [5, 5.41) is 9.06. The Bertz CT molecular complexity index is 912. The normalized spacial score (nSPS) is 11.3. The van der Waals surface area contributed by atoms with E-state index in [-0.39, 0.29) is 0 Å². The molecular weight excluding hydrogens is 368 g/mol. The van der Waals surface area contributed by atoms with Crippen molar-refractivity contribution in [2.75, 3.05) is 11.0 Å². The molecule has 0 atom stereocenters. The number of nitrogens with one attached hydrogen (secondary N) is 2. The van der Waals surface area contributed by atoms with E-state index in [1.165, 1.54) is 23.7 Å². The van der Waals surface area contributed by atoms with E-state index < -0.39 is 15.9 Å². The van der Waals surface area contributed by atoms with Gasteiger partial charge in [0, 0.05) is 22.3 Å². The molecule has 0 radical (unpaired) electrons. The average molecular weight is 383 g/mol. The van der Waals surface area contributed by atoms with Gasteiger partial charge in [-0.05, 0) is 42.5 Å². The molecule has 0 aliphatic heterocycles. The van der Waals surface area contributed by atoms with Crippen molar-refractivity contribution in [3.8, 4) is 11.5 Å². The van der Waals surface area contributed by atoms with Crippen molar-refractivity contribution in [1.29, 1.82) is 0 Å². The molecule has 132 valence electrons. The Kier molecular flexibility index (Phi) is 6.02. The third kappa shape index (κ3) is 6.11. The first kappa shape index (κ1) is 18.8. The zero-order valence-electron chi connectivity index (χ0n) is 13.1. The van der Waals surface area contributed by atoms with Crippen LogP contribution in [0, 0.1) is 0 Å². The number of ether oxygens (including phenoxy) is 1. The van der Waals surface area contributed by atoms with Crippen LogP contribution in [0.3, 0.4) is 0 Å². The molecule has 9 heteroatoms. The second-order valence-corrected chi connectivity index (χ2v) is 7.18. The lowest BCUT2D eigenvalue weighted by Gasteiger charge is -2.12. The smallest absolute Gasteiger partial charge is 0.267 e. The summed E-state index contributed by atoms with van der Waals surface area (Å²) >= 11 is 5.92. The molecule has 3 N–H and O–H groups in total. The number of benzene rings is 2. The molecule has 0 heterocycles. The summed E-state index contributed by atoms with van der Waals surface area (Å²) < 4.78 is 30.8. The van der Waals surface area contributed by atoms with Crippen LogP contribution in [-0.2, 0) is 14.8 Å². The third-order valence-electron chi connectivity index (χ3n) is 2.86. The minimum Gasteiger partial charge on any atom is -0.457 e. The fraction of sp³-hybridized carbons (Fsp3) is 0.0625. The van der Waals surface area contributed by atoms with Crippen molar-refractivity contribution in [2.45, 2.75) is 0 Å². The van der Waals surface area contributed by atoms with E-state index in [4.69, 9.17) is 21.5 Å². The summed E-state index contributed by atoms with van der Waals surface area (Å²) in [7, 11) is -3.46. The summed E-state index contributed by atoms with van der Waals surface area (Å²) in [4.78, 5) is 11.2. The molecule has 2 aromatic carbocycles. The van der Waals surface area contributed by atoms with Crippen LogP contribution < -0.4 is 14.9 Å². The van der Waals surface area contributed by atoms with Crippen molar-refractivity contribution in [2.24, 2.45) is 0 Å². The molecule has 2 aromatic rings. The number of carbonyl (C=O) groups excluding carboxylic acids is 1. The van der Waals surface area contributed by atoms with Gasteiger partial charge in [-0.25, -0.2) is 13.9 Å². The zero-order chi connectivity index (χ0) is 18.4. The summed E-state index contributed by atoms with van der Waals surface area (Å²) in [5.74, 6) is 0.0936. The van der Waals surface area contributed by atoms with Crippen molar-refractivity contribution < 1.29 is 23.2 Å².